The Labute approximate surface area is 208 Å². The van der Waals surface area contributed by atoms with Crippen molar-refractivity contribution < 1.29 is 28.2 Å². The first-order chi connectivity index (χ1) is 15.7. The first-order valence-corrected chi connectivity index (χ1v) is 10.8. The second kappa shape index (κ2) is 13.4. The van der Waals surface area contributed by atoms with Gasteiger partial charge in [0.25, 0.3) is 5.91 Å². The zero-order valence-corrected chi connectivity index (χ0v) is 20.4. The quantitative estimate of drug-likeness (QED) is 0.194. The van der Waals surface area contributed by atoms with Crippen molar-refractivity contribution in [2.24, 2.45) is 11.1 Å². The SMILES string of the molecule is CCOC(C(=O)NCc1ccc(C(=N)N)cc1)c1c(F)ccc(OCC(C)(CO)CCl)c1F.Cl. The molecule has 7 nitrogen and oxygen atoms in total. The molecule has 0 heterocycles. The van der Waals surface area contributed by atoms with Gasteiger partial charge in [-0.1, -0.05) is 31.2 Å². The van der Waals surface area contributed by atoms with E-state index in [1.807, 2.05) is 0 Å². The molecular weight excluding hydrogens is 491 g/mol. The smallest absolute Gasteiger partial charge is 0.254 e. The van der Waals surface area contributed by atoms with Crippen molar-refractivity contribution in [2.75, 3.05) is 25.7 Å². The highest BCUT2D eigenvalue weighted by Crippen LogP contribution is 2.31. The Morgan fingerprint density at radius 3 is 2.44 bits per heavy atom. The normalized spacial score (nSPS) is 13.4. The molecule has 0 aliphatic carbocycles. The highest BCUT2D eigenvalue weighted by Gasteiger charge is 2.31. The summed E-state index contributed by atoms with van der Waals surface area (Å²) >= 11 is 5.83. The van der Waals surface area contributed by atoms with E-state index in [2.05, 4.69) is 5.32 Å². The lowest BCUT2D eigenvalue weighted by Crippen LogP contribution is -2.32. The molecule has 0 bridgehead atoms. The van der Waals surface area contributed by atoms with Crippen LogP contribution in [0.2, 0.25) is 0 Å². The molecule has 0 aromatic heterocycles. The summed E-state index contributed by atoms with van der Waals surface area (Å²) in [6.45, 7) is 2.96. The van der Waals surface area contributed by atoms with Gasteiger partial charge in [-0.05, 0) is 24.6 Å². The summed E-state index contributed by atoms with van der Waals surface area (Å²) in [5, 5.41) is 19.5. The molecule has 0 aliphatic rings. The Kier molecular flexibility index (Phi) is 11.7. The minimum absolute atomic E-state index is 0. The van der Waals surface area contributed by atoms with E-state index < -0.39 is 34.6 Å². The van der Waals surface area contributed by atoms with Crippen LogP contribution in [0.5, 0.6) is 5.75 Å². The minimum atomic E-state index is -1.55. The van der Waals surface area contributed by atoms with E-state index in [0.29, 0.717) is 11.1 Å². The molecule has 1 amide bonds. The fourth-order valence-electron chi connectivity index (χ4n) is 2.82. The zero-order valence-electron chi connectivity index (χ0n) is 18.9. The Balaban J connectivity index is 0.00000578. The average Bonchev–Trinajstić information content (AvgIpc) is 2.81. The molecule has 2 atom stereocenters. The highest BCUT2D eigenvalue weighted by atomic mass is 35.5. The molecule has 2 aromatic carbocycles. The third-order valence-electron chi connectivity index (χ3n) is 4.94. The van der Waals surface area contributed by atoms with Crippen LogP contribution in [0.4, 0.5) is 8.78 Å². The van der Waals surface area contributed by atoms with Crippen LogP contribution in [-0.2, 0) is 16.1 Å². The highest BCUT2D eigenvalue weighted by molar-refractivity contribution is 6.18. The molecule has 0 saturated heterocycles. The Morgan fingerprint density at radius 2 is 1.91 bits per heavy atom. The number of aliphatic hydroxyl groups excluding tert-OH is 1. The van der Waals surface area contributed by atoms with Crippen molar-refractivity contribution in [3.63, 3.8) is 0 Å². The van der Waals surface area contributed by atoms with E-state index in [1.54, 1.807) is 38.1 Å². The van der Waals surface area contributed by atoms with Crippen LogP contribution in [0, 0.1) is 22.5 Å². The number of hydrogen-bond acceptors (Lipinski definition) is 5. The molecule has 34 heavy (non-hydrogen) atoms. The predicted octanol–water partition coefficient (Wildman–Crippen LogP) is 3.68. The summed E-state index contributed by atoms with van der Waals surface area (Å²) in [7, 11) is 0. The van der Waals surface area contributed by atoms with Gasteiger partial charge in [-0.15, -0.1) is 24.0 Å². The molecule has 0 aliphatic heterocycles. The fourth-order valence-corrected chi connectivity index (χ4v) is 2.98. The number of nitrogen functional groups attached to an aromatic ring is 1. The van der Waals surface area contributed by atoms with Gasteiger partial charge in [0, 0.05) is 30.0 Å². The number of amides is 1. The number of benzene rings is 2. The fraction of sp³-hybridized carbons (Fsp3) is 0.391. The summed E-state index contributed by atoms with van der Waals surface area (Å²) in [6.07, 6.45) is -1.55. The monoisotopic (exact) mass is 519 g/mol. The number of amidine groups is 1. The van der Waals surface area contributed by atoms with Gasteiger partial charge in [-0.25, -0.2) is 8.78 Å². The molecular formula is C23H29Cl2F2N3O4. The molecule has 0 saturated carbocycles. The first kappa shape index (κ1) is 29.6. The summed E-state index contributed by atoms with van der Waals surface area (Å²) in [4.78, 5) is 12.8. The van der Waals surface area contributed by atoms with Crippen LogP contribution in [0.15, 0.2) is 36.4 Å². The van der Waals surface area contributed by atoms with Crippen molar-refractivity contribution in [3.05, 3.63) is 64.7 Å². The van der Waals surface area contributed by atoms with E-state index in [9.17, 15) is 14.3 Å². The molecule has 188 valence electrons. The van der Waals surface area contributed by atoms with E-state index in [1.165, 1.54) is 0 Å². The van der Waals surface area contributed by atoms with E-state index in [4.69, 9.17) is 32.2 Å². The molecule has 0 fully saturated rings. The largest absolute Gasteiger partial charge is 0.490 e. The molecule has 5 N–H and O–H groups in total. The molecule has 11 heteroatoms. The number of halogens is 4. The number of hydrogen-bond donors (Lipinski definition) is 4. The van der Waals surface area contributed by atoms with Gasteiger partial charge < -0.3 is 25.6 Å². The van der Waals surface area contributed by atoms with Gasteiger partial charge in [0.1, 0.15) is 11.7 Å². The average molecular weight is 520 g/mol. The van der Waals surface area contributed by atoms with Crippen LogP contribution in [-0.4, -0.2) is 42.5 Å². The van der Waals surface area contributed by atoms with Gasteiger partial charge in [-0.3, -0.25) is 10.2 Å². The lowest BCUT2D eigenvalue weighted by atomic mass is 9.96. The van der Waals surface area contributed by atoms with Crippen LogP contribution in [0.25, 0.3) is 0 Å². The third-order valence-corrected chi connectivity index (χ3v) is 5.58. The van der Waals surface area contributed by atoms with Gasteiger partial charge in [0.05, 0.1) is 18.8 Å². The summed E-state index contributed by atoms with van der Waals surface area (Å²) < 4.78 is 40.6. The number of ether oxygens (including phenoxy) is 2. The molecule has 2 rings (SSSR count). The molecule has 0 radical (unpaired) electrons. The minimum Gasteiger partial charge on any atom is -0.490 e. The Hall–Kier alpha value is -2.46. The molecule has 2 unspecified atom stereocenters. The number of alkyl halides is 1. The molecule has 2 aromatic rings. The van der Waals surface area contributed by atoms with E-state index >= 15 is 4.39 Å². The Bertz CT molecular complexity index is 973. The number of aliphatic hydroxyl groups is 1. The first-order valence-electron chi connectivity index (χ1n) is 10.3. The van der Waals surface area contributed by atoms with Crippen molar-refractivity contribution >= 4 is 35.8 Å². The van der Waals surface area contributed by atoms with Gasteiger partial charge in [-0.2, -0.15) is 0 Å². The number of rotatable bonds is 12. The van der Waals surface area contributed by atoms with Crippen molar-refractivity contribution in [1.29, 1.82) is 5.41 Å². The van der Waals surface area contributed by atoms with Crippen molar-refractivity contribution in [2.45, 2.75) is 26.5 Å². The maximum atomic E-state index is 15.2. The second-order valence-corrected chi connectivity index (χ2v) is 8.10. The lowest BCUT2D eigenvalue weighted by molar-refractivity contribution is -0.133. The third kappa shape index (κ3) is 7.53. The van der Waals surface area contributed by atoms with E-state index in [0.717, 1.165) is 12.1 Å². The lowest BCUT2D eigenvalue weighted by Gasteiger charge is -2.25. The number of nitrogens with two attached hydrogens (primary N) is 1. The maximum absolute atomic E-state index is 15.2. The van der Waals surface area contributed by atoms with Gasteiger partial charge in [0.2, 0.25) is 0 Å². The van der Waals surface area contributed by atoms with Crippen LogP contribution >= 0.6 is 24.0 Å². The summed E-state index contributed by atoms with van der Waals surface area (Å²) in [5.41, 5.74) is 5.26. The van der Waals surface area contributed by atoms with Crippen LogP contribution in [0.3, 0.4) is 0 Å². The zero-order chi connectivity index (χ0) is 24.6. The second-order valence-electron chi connectivity index (χ2n) is 7.83. The van der Waals surface area contributed by atoms with Gasteiger partial charge >= 0.3 is 0 Å². The standard InChI is InChI=1S/C23H28ClF2N3O4.ClH/c1-3-32-20(22(31)29-10-14-4-6-15(7-5-14)21(27)28)18-16(25)8-9-17(19(18)26)33-13-23(2,11-24)12-30;/h4-9,20,30H,3,10-13H2,1-2H3,(H3,27,28)(H,29,31);1H. The number of nitrogens with one attached hydrogen (secondary N) is 2. The summed E-state index contributed by atoms with van der Waals surface area (Å²) in [6, 6.07) is 8.72. The Morgan fingerprint density at radius 1 is 1.26 bits per heavy atom. The van der Waals surface area contributed by atoms with Crippen LogP contribution < -0.4 is 15.8 Å². The van der Waals surface area contributed by atoms with Crippen LogP contribution in [0.1, 0.15) is 36.6 Å². The number of carbonyl (C=O) groups excluding carboxylic acids is 1. The maximum Gasteiger partial charge on any atom is 0.254 e. The van der Waals surface area contributed by atoms with Crippen molar-refractivity contribution in [3.8, 4) is 5.75 Å². The topological polar surface area (TPSA) is 118 Å². The van der Waals surface area contributed by atoms with Crippen molar-refractivity contribution in [1.82, 2.24) is 5.32 Å². The number of carbonyl (C=O) groups is 1. The predicted molar refractivity (Wildman–Crippen MR) is 129 cm³/mol. The summed E-state index contributed by atoms with van der Waals surface area (Å²) in [5.74, 6) is -3.06. The van der Waals surface area contributed by atoms with Gasteiger partial charge in [0.15, 0.2) is 17.7 Å². The van der Waals surface area contributed by atoms with E-state index in [-0.39, 0.29) is 56.2 Å². The molecule has 0 spiro atoms.